The topological polar surface area (TPSA) is 28.2 Å². The van der Waals surface area contributed by atoms with Gasteiger partial charge in [-0.15, -0.1) is 0 Å². The van der Waals surface area contributed by atoms with Gasteiger partial charge in [0.1, 0.15) is 11.4 Å². The van der Waals surface area contributed by atoms with Gasteiger partial charge in [-0.05, 0) is 55.4 Å². The Morgan fingerprint density at radius 1 is 1.21 bits per heavy atom. The van der Waals surface area contributed by atoms with Gasteiger partial charge in [-0.25, -0.2) is 13.2 Å². The minimum Gasteiger partial charge on any atom is -0.360 e. The molecule has 2 aliphatic rings. The van der Waals surface area contributed by atoms with E-state index in [4.69, 9.17) is 12.2 Å². The molecule has 1 aliphatic heterocycles. The maximum atomic E-state index is 15.0. The van der Waals surface area contributed by atoms with Crippen LogP contribution in [0.1, 0.15) is 36.1 Å². The van der Waals surface area contributed by atoms with Gasteiger partial charge in [-0.2, -0.15) is 0 Å². The van der Waals surface area contributed by atoms with E-state index >= 15 is 0 Å². The van der Waals surface area contributed by atoms with Crippen molar-refractivity contribution in [2.24, 2.45) is 0 Å². The van der Waals surface area contributed by atoms with Crippen LogP contribution in [0.5, 0.6) is 0 Å². The van der Waals surface area contributed by atoms with E-state index in [0.29, 0.717) is 5.11 Å². The molecule has 28 heavy (non-hydrogen) atoms. The summed E-state index contributed by atoms with van der Waals surface area (Å²) in [5.74, 6) is -0.467. The molecule has 144 valence electrons. The Balaban J connectivity index is 1.92. The van der Waals surface area contributed by atoms with Crippen molar-refractivity contribution in [3.05, 3.63) is 89.7 Å². The number of nitrogens with zero attached hydrogens (tertiary/aromatic N) is 2. The molecule has 0 radical (unpaired) electrons. The minimum atomic E-state index is -2.66. The molecule has 1 N–H and O–H groups in total. The predicted octanol–water partition coefficient (Wildman–Crippen LogP) is 4.82. The zero-order valence-electron chi connectivity index (χ0n) is 14.9. The number of pyridine rings is 1. The van der Waals surface area contributed by atoms with Crippen molar-refractivity contribution in [2.75, 3.05) is 0 Å². The molecule has 1 fully saturated rings. The number of hydrogen-bond donors (Lipinski definition) is 1. The summed E-state index contributed by atoms with van der Waals surface area (Å²) in [4.78, 5) is 6.04. The highest BCUT2D eigenvalue weighted by Crippen LogP contribution is 2.41. The normalized spacial score (nSPS) is 21.2. The van der Waals surface area contributed by atoms with Crippen LogP contribution in [-0.4, -0.2) is 21.0 Å². The Kier molecular flexibility index (Phi) is 4.93. The summed E-state index contributed by atoms with van der Waals surface area (Å²) in [6, 6.07) is 9.12. The molecular weight excluding hydrogens is 383 g/mol. The number of halogens is 3. The van der Waals surface area contributed by atoms with Crippen LogP contribution in [0.4, 0.5) is 13.2 Å². The van der Waals surface area contributed by atoms with Crippen molar-refractivity contribution in [2.45, 2.75) is 30.8 Å². The molecule has 2 heterocycles. The Bertz CT molecular complexity index is 955. The lowest BCUT2D eigenvalue weighted by Crippen LogP contribution is -2.52. The van der Waals surface area contributed by atoms with E-state index in [1.807, 2.05) is 0 Å². The molecule has 1 saturated carbocycles. The second-order valence-electron chi connectivity index (χ2n) is 6.82. The summed E-state index contributed by atoms with van der Waals surface area (Å²) >= 11 is 5.60. The summed E-state index contributed by atoms with van der Waals surface area (Å²) in [5, 5.41) is 3.65. The van der Waals surface area contributed by atoms with E-state index in [0.717, 1.165) is 12.8 Å². The van der Waals surface area contributed by atoms with E-state index in [-0.39, 0.29) is 22.9 Å². The van der Waals surface area contributed by atoms with Crippen LogP contribution in [0.3, 0.4) is 0 Å². The molecule has 1 aliphatic carbocycles. The average molecular weight is 401 g/mol. The summed E-state index contributed by atoms with van der Waals surface area (Å²) in [6.07, 6.45) is 7.67. The molecule has 1 unspecified atom stereocenters. The Morgan fingerprint density at radius 2 is 2.00 bits per heavy atom. The lowest BCUT2D eigenvalue weighted by Gasteiger charge is -2.43. The molecule has 3 nitrogen and oxygen atoms in total. The van der Waals surface area contributed by atoms with Crippen LogP contribution in [0, 0.1) is 5.82 Å². The number of rotatable bonds is 4. The van der Waals surface area contributed by atoms with Crippen molar-refractivity contribution in [1.29, 1.82) is 0 Å². The molecule has 0 amide bonds. The molecule has 7 heteroatoms. The van der Waals surface area contributed by atoms with Crippen molar-refractivity contribution >= 4 is 17.3 Å². The Hall–Kier alpha value is -2.67. The molecule has 1 aromatic carbocycles. The van der Waals surface area contributed by atoms with Gasteiger partial charge in [-0.1, -0.05) is 24.3 Å². The van der Waals surface area contributed by atoms with Crippen LogP contribution in [-0.2, 0) is 5.54 Å². The highest BCUT2D eigenvalue weighted by molar-refractivity contribution is 7.80. The number of allylic oxidation sites excluding steroid dienone is 2. The van der Waals surface area contributed by atoms with Crippen molar-refractivity contribution in [1.82, 2.24) is 15.2 Å². The fourth-order valence-electron chi connectivity index (χ4n) is 3.36. The predicted molar refractivity (Wildman–Crippen MR) is 105 cm³/mol. The van der Waals surface area contributed by atoms with Gasteiger partial charge in [0.15, 0.2) is 5.11 Å². The third kappa shape index (κ3) is 3.30. The second kappa shape index (κ2) is 7.39. The molecule has 1 aromatic heterocycles. The number of nitrogens with one attached hydrogen (secondary N) is 1. The highest BCUT2D eigenvalue weighted by Gasteiger charge is 2.44. The number of benzene rings is 1. The van der Waals surface area contributed by atoms with Crippen LogP contribution in [0.25, 0.3) is 0 Å². The first-order chi connectivity index (χ1) is 13.5. The average Bonchev–Trinajstić information content (AvgIpc) is 3.52. The first-order valence-electron chi connectivity index (χ1n) is 8.98. The standard InChI is InChI=1S/C21H18F3N3S/c22-17-6-2-1-5-16(17)21(18-13-14(19(23)24)9-11-25-18)10-3-4-12-27(21)20(28)26-15-7-8-15/h1-6,9-13,15,19H,7-8H2,(H,26,28). The first-order valence-corrected chi connectivity index (χ1v) is 9.38. The first kappa shape index (κ1) is 18.7. The summed E-state index contributed by atoms with van der Waals surface area (Å²) in [7, 11) is 0. The zero-order chi connectivity index (χ0) is 19.7. The Morgan fingerprint density at radius 3 is 2.71 bits per heavy atom. The van der Waals surface area contributed by atoms with Crippen LogP contribution >= 0.6 is 12.2 Å². The van der Waals surface area contributed by atoms with Gasteiger partial charge < -0.3 is 10.2 Å². The molecule has 2 aromatic rings. The largest absolute Gasteiger partial charge is 0.360 e. The van der Waals surface area contributed by atoms with E-state index < -0.39 is 17.8 Å². The van der Waals surface area contributed by atoms with Gasteiger partial charge in [0.2, 0.25) is 0 Å². The minimum absolute atomic E-state index is 0.176. The third-order valence-corrected chi connectivity index (χ3v) is 5.21. The van der Waals surface area contributed by atoms with Crippen LogP contribution < -0.4 is 5.32 Å². The summed E-state index contributed by atoms with van der Waals surface area (Å²) in [6.45, 7) is 0. The molecule has 0 bridgehead atoms. The van der Waals surface area contributed by atoms with Gasteiger partial charge in [0.05, 0.1) is 5.69 Å². The number of thiocarbonyl (C=S) groups is 1. The number of aromatic nitrogens is 1. The quantitative estimate of drug-likeness (QED) is 0.744. The van der Waals surface area contributed by atoms with Gasteiger partial charge >= 0.3 is 0 Å². The fourth-order valence-corrected chi connectivity index (χ4v) is 3.73. The lowest BCUT2D eigenvalue weighted by molar-refractivity contribution is 0.151. The van der Waals surface area contributed by atoms with Crippen LogP contribution in [0.2, 0.25) is 0 Å². The lowest BCUT2D eigenvalue weighted by atomic mass is 9.82. The maximum Gasteiger partial charge on any atom is 0.263 e. The molecule has 1 atom stereocenters. The van der Waals surface area contributed by atoms with Crippen molar-refractivity contribution in [3.63, 3.8) is 0 Å². The second-order valence-corrected chi connectivity index (χ2v) is 7.20. The highest BCUT2D eigenvalue weighted by atomic mass is 32.1. The van der Waals surface area contributed by atoms with E-state index in [1.54, 1.807) is 47.5 Å². The zero-order valence-corrected chi connectivity index (χ0v) is 15.7. The van der Waals surface area contributed by atoms with Crippen molar-refractivity contribution < 1.29 is 13.2 Å². The van der Waals surface area contributed by atoms with Gasteiger partial charge in [0, 0.05) is 29.6 Å². The number of alkyl halides is 2. The molecule has 0 spiro atoms. The van der Waals surface area contributed by atoms with E-state index in [1.165, 1.54) is 24.4 Å². The van der Waals surface area contributed by atoms with E-state index in [2.05, 4.69) is 10.3 Å². The van der Waals surface area contributed by atoms with Gasteiger partial charge in [0.25, 0.3) is 6.43 Å². The fraction of sp³-hybridized carbons (Fsp3) is 0.238. The Labute approximate surface area is 166 Å². The third-order valence-electron chi connectivity index (χ3n) is 4.90. The number of hydrogen-bond acceptors (Lipinski definition) is 2. The smallest absolute Gasteiger partial charge is 0.263 e. The van der Waals surface area contributed by atoms with Crippen molar-refractivity contribution in [3.8, 4) is 0 Å². The van der Waals surface area contributed by atoms with Crippen LogP contribution in [0.15, 0.2) is 67.0 Å². The summed E-state index contributed by atoms with van der Waals surface area (Å²) in [5.41, 5.74) is -0.889. The molecule has 4 rings (SSSR count). The molecule has 0 saturated heterocycles. The molecular formula is C21H18F3N3S. The maximum absolute atomic E-state index is 15.0. The van der Waals surface area contributed by atoms with Gasteiger partial charge in [-0.3, -0.25) is 4.98 Å². The van der Waals surface area contributed by atoms with E-state index in [9.17, 15) is 13.2 Å². The summed E-state index contributed by atoms with van der Waals surface area (Å²) < 4.78 is 41.7. The monoisotopic (exact) mass is 401 g/mol. The SMILES string of the molecule is Fc1ccccc1C1(c2cc(C(F)F)ccn2)C=CC=CN1C(=S)NC1CC1.